The minimum Gasteiger partial charge on any atom is -0.246 e. The molecule has 1 aliphatic rings. The molecule has 1 saturated carbocycles. The van der Waals surface area contributed by atoms with Gasteiger partial charge in [0.1, 0.15) is 18.3 Å². The van der Waals surface area contributed by atoms with E-state index in [2.05, 4.69) is 31.2 Å². The van der Waals surface area contributed by atoms with Crippen LogP contribution in [0.1, 0.15) is 56.1 Å². The molecule has 0 aromatic heterocycles. The maximum Gasteiger partial charge on any atom is 0.132 e. The summed E-state index contributed by atoms with van der Waals surface area (Å²) in [7, 11) is 0. The van der Waals surface area contributed by atoms with E-state index in [0.717, 1.165) is 12.0 Å². The molecule has 138 valence electrons. The first kappa shape index (κ1) is 18.8. The van der Waals surface area contributed by atoms with Gasteiger partial charge in [-0.2, -0.15) is 0 Å². The average molecular weight is 358 g/mol. The fourth-order valence-corrected chi connectivity index (χ4v) is 3.82. The van der Waals surface area contributed by atoms with E-state index in [1.54, 1.807) is 0 Å². The summed E-state index contributed by atoms with van der Waals surface area (Å²) in [5.74, 6) is -0.404. The van der Waals surface area contributed by atoms with Gasteiger partial charge in [-0.3, -0.25) is 0 Å². The number of alkyl halides is 1. The third-order valence-electron chi connectivity index (χ3n) is 5.41. The zero-order valence-corrected chi connectivity index (χ0v) is 15.2. The van der Waals surface area contributed by atoms with E-state index >= 15 is 0 Å². The molecule has 0 N–H and O–H groups in total. The highest BCUT2D eigenvalue weighted by molar-refractivity contribution is 5.64. The highest BCUT2D eigenvalue weighted by atomic mass is 19.1. The van der Waals surface area contributed by atoms with Crippen LogP contribution in [0.3, 0.4) is 0 Å². The summed E-state index contributed by atoms with van der Waals surface area (Å²) >= 11 is 0. The zero-order valence-electron chi connectivity index (χ0n) is 15.2. The maximum atomic E-state index is 13.8. The second-order valence-corrected chi connectivity index (χ2v) is 7.12. The van der Waals surface area contributed by atoms with Crippen molar-refractivity contribution in [3.63, 3.8) is 0 Å². The molecule has 1 aliphatic carbocycles. The topological polar surface area (TPSA) is 0 Å². The Kier molecular flexibility index (Phi) is 6.18. The minimum absolute atomic E-state index is 0.442. The number of hydrogen-bond donors (Lipinski definition) is 0. The number of allylic oxidation sites excluding steroid dienone is 2. The molecule has 0 unspecified atom stereocenters. The predicted molar refractivity (Wildman–Crippen MR) is 101 cm³/mol. The second kappa shape index (κ2) is 8.57. The van der Waals surface area contributed by atoms with Crippen LogP contribution in [0, 0.1) is 17.6 Å². The van der Waals surface area contributed by atoms with E-state index in [-0.39, 0.29) is 0 Å². The van der Waals surface area contributed by atoms with E-state index in [1.807, 2.05) is 12.1 Å². The van der Waals surface area contributed by atoms with Gasteiger partial charge >= 0.3 is 0 Å². The Balaban J connectivity index is 1.71. The van der Waals surface area contributed by atoms with Crippen LogP contribution in [0.25, 0.3) is 11.1 Å². The lowest BCUT2D eigenvalue weighted by Crippen LogP contribution is -2.11. The van der Waals surface area contributed by atoms with Crippen LogP contribution in [0.5, 0.6) is 0 Å². The molecule has 0 bridgehead atoms. The first-order valence-electron chi connectivity index (χ1n) is 9.43. The molecule has 3 rings (SSSR count). The third kappa shape index (κ3) is 4.20. The molecule has 0 nitrogen and oxygen atoms in total. The smallest absolute Gasteiger partial charge is 0.132 e. The van der Waals surface area contributed by atoms with Crippen molar-refractivity contribution in [1.82, 2.24) is 0 Å². The Morgan fingerprint density at radius 1 is 0.923 bits per heavy atom. The Morgan fingerprint density at radius 3 is 2.08 bits per heavy atom. The van der Waals surface area contributed by atoms with Crippen LogP contribution in [-0.2, 0) is 6.67 Å². The lowest BCUT2D eigenvalue weighted by molar-refractivity contribution is 0.375. The molecule has 0 radical (unpaired) electrons. The largest absolute Gasteiger partial charge is 0.246 e. The first-order chi connectivity index (χ1) is 12.6. The summed E-state index contributed by atoms with van der Waals surface area (Å²) in [6.07, 6.45) is 10.5. The Bertz CT molecular complexity index is 731. The summed E-state index contributed by atoms with van der Waals surface area (Å²) in [5.41, 5.74) is 1.97. The molecule has 0 atom stereocenters. The van der Waals surface area contributed by atoms with Crippen molar-refractivity contribution in [3.8, 4) is 11.1 Å². The molecule has 2 aromatic rings. The monoisotopic (exact) mass is 358 g/mol. The van der Waals surface area contributed by atoms with Crippen LogP contribution in [-0.4, -0.2) is 0 Å². The highest BCUT2D eigenvalue weighted by Crippen LogP contribution is 2.37. The standard InChI is InChI=1S/C23H25F3/c1-2-3-4-16-5-7-17(8-6-16)18-9-11-19(12-10-18)20-13-22(25)21(15-24)23(26)14-20/h3-4,9-14,16-17H,2,5-8,15H2,1H3/b4-3+. The molecule has 0 heterocycles. The molecule has 26 heavy (non-hydrogen) atoms. The lowest BCUT2D eigenvalue weighted by atomic mass is 9.78. The van der Waals surface area contributed by atoms with Gasteiger partial charge in [0, 0.05) is 0 Å². The fourth-order valence-electron chi connectivity index (χ4n) is 3.82. The second-order valence-electron chi connectivity index (χ2n) is 7.12. The summed E-state index contributed by atoms with van der Waals surface area (Å²) in [6.45, 7) is 1.03. The van der Waals surface area contributed by atoms with Gasteiger partial charge in [-0.05, 0) is 72.8 Å². The van der Waals surface area contributed by atoms with Crippen LogP contribution in [0.2, 0.25) is 0 Å². The molecule has 0 aliphatic heterocycles. The van der Waals surface area contributed by atoms with Crippen molar-refractivity contribution < 1.29 is 13.2 Å². The highest BCUT2D eigenvalue weighted by Gasteiger charge is 2.21. The van der Waals surface area contributed by atoms with Crippen molar-refractivity contribution in [2.45, 2.75) is 51.6 Å². The van der Waals surface area contributed by atoms with E-state index < -0.39 is 23.9 Å². The summed E-state index contributed by atoms with van der Waals surface area (Å²) < 4.78 is 40.3. The van der Waals surface area contributed by atoms with E-state index in [0.29, 0.717) is 17.4 Å². The average Bonchev–Trinajstić information content (AvgIpc) is 2.67. The molecule has 0 amide bonds. The van der Waals surface area contributed by atoms with Crippen LogP contribution in [0.15, 0.2) is 48.6 Å². The van der Waals surface area contributed by atoms with Gasteiger partial charge in [-0.25, -0.2) is 13.2 Å². The van der Waals surface area contributed by atoms with Gasteiger partial charge in [0.2, 0.25) is 0 Å². The van der Waals surface area contributed by atoms with E-state index in [4.69, 9.17) is 0 Å². The van der Waals surface area contributed by atoms with Crippen molar-refractivity contribution >= 4 is 0 Å². The predicted octanol–water partition coefficient (Wildman–Crippen LogP) is 7.34. The molecular weight excluding hydrogens is 333 g/mol. The summed E-state index contributed by atoms with van der Waals surface area (Å²) in [4.78, 5) is 0. The molecule has 0 spiro atoms. The first-order valence-corrected chi connectivity index (χ1v) is 9.43. The lowest BCUT2D eigenvalue weighted by Gasteiger charge is -2.27. The van der Waals surface area contributed by atoms with Gasteiger partial charge < -0.3 is 0 Å². The van der Waals surface area contributed by atoms with Crippen molar-refractivity contribution in [2.24, 2.45) is 5.92 Å². The summed E-state index contributed by atoms with van der Waals surface area (Å²) in [6, 6.07) is 10.3. The van der Waals surface area contributed by atoms with Crippen molar-refractivity contribution in [2.75, 3.05) is 0 Å². The SMILES string of the molecule is CC/C=C/C1CCC(c2ccc(-c3cc(F)c(CF)c(F)c3)cc2)CC1. The fraction of sp³-hybridized carbons (Fsp3) is 0.391. The van der Waals surface area contributed by atoms with Gasteiger partial charge in [0.05, 0.1) is 5.56 Å². The minimum atomic E-state index is -1.13. The molecule has 2 aromatic carbocycles. The van der Waals surface area contributed by atoms with E-state index in [9.17, 15) is 13.2 Å². The number of halogens is 3. The van der Waals surface area contributed by atoms with Crippen LogP contribution >= 0.6 is 0 Å². The number of rotatable bonds is 5. The number of benzene rings is 2. The van der Waals surface area contributed by atoms with Gasteiger partial charge in [-0.1, -0.05) is 43.3 Å². The van der Waals surface area contributed by atoms with Gasteiger partial charge in [-0.15, -0.1) is 0 Å². The number of hydrogen-bond acceptors (Lipinski definition) is 0. The van der Waals surface area contributed by atoms with Crippen molar-refractivity contribution in [1.29, 1.82) is 0 Å². The molecule has 0 saturated heterocycles. The maximum absolute atomic E-state index is 13.8. The Hall–Kier alpha value is -2.03. The molecular formula is C23H25F3. The Labute approximate surface area is 153 Å². The Morgan fingerprint density at radius 2 is 1.54 bits per heavy atom. The van der Waals surface area contributed by atoms with Gasteiger partial charge in [0.15, 0.2) is 0 Å². The quantitative estimate of drug-likeness (QED) is 0.490. The van der Waals surface area contributed by atoms with Crippen LogP contribution in [0.4, 0.5) is 13.2 Å². The van der Waals surface area contributed by atoms with Crippen molar-refractivity contribution in [3.05, 3.63) is 71.3 Å². The van der Waals surface area contributed by atoms with Crippen LogP contribution < -0.4 is 0 Å². The summed E-state index contributed by atoms with van der Waals surface area (Å²) in [5, 5.41) is 0. The van der Waals surface area contributed by atoms with Gasteiger partial charge in [0.25, 0.3) is 0 Å². The molecule has 3 heteroatoms. The zero-order chi connectivity index (χ0) is 18.5. The third-order valence-corrected chi connectivity index (χ3v) is 5.41. The molecule has 1 fully saturated rings. The van der Waals surface area contributed by atoms with E-state index in [1.165, 1.54) is 43.4 Å². The normalized spacial score (nSPS) is 20.6.